The van der Waals surface area contributed by atoms with Crippen LogP contribution in [0.3, 0.4) is 0 Å². The Morgan fingerprint density at radius 1 is 0.421 bits per heavy atom. The second kappa shape index (κ2) is 30.6. The van der Waals surface area contributed by atoms with Crippen molar-refractivity contribution in [3.63, 3.8) is 0 Å². The zero-order valence-electron chi connectivity index (χ0n) is 35.9. The van der Waals surface area contributed by atoms with Gasteiger partial charge in [-0.2, -0.15) is 0 Å². The average molecular weight is 819 g/mol. The number of carbonyl (C=O) groups is 2. The smallest absolute Gasteiger partial charge is 0.305 e. The van der Waals surface area contributed by atoms with Gasteiger partial charge in [-0.25, -0.2) is 0 Å². The normalized spacial score (nSPS) is 27.9. The summed E-state index contributed by atoms with van der Waals surface area (Å²) in [6, 6.07) is 0. The minimum absolute atomic E-state index is 0.191. The van der Waals surface area contributed by atoms with E-state index in [2.05, 4.69) is 27.7 Å². The third kappa shape index (κ3) is 22.1. The van der Waals surface area contributed by atoms with Crippen LogP contribution in [0.25, 0.3) is 0 Å². The lowest BCUT2D eigenvalue weighted by Crippen LogP contribution is -2.64. The predicted molar refractivity (Wildman–Crippen MR) is 217 cm³/mol. The molecule has 0 aliphatic carbocycles. The summed E-state index contributed by atoms with van der Waals surface area (Å²) in [5, 5.41) is 63.3. The van der Waals surface area contributed by atoms with Gasteiger partial charge in [0.05, 0.1) is 0 Å². The zero-order valence-corrected chi connectivity index (χ0v) is 35.9. The molecule has 336 valence electrons. The van der Waals surface area contributed by atoms with Crippen LogP contribution < -0.4 is 0 Å². The van der Waals surface area contributed by atoms with Crippen molar-refractivity contribution in [2.24, 2.45) is 11.8 Å². The van der Waals surface area contributed by atoms with Gasteiger partial charge in [-0.15, -0.1) is 0 Å². The molecule has 0 amide bonds. The Morgan fingerprint density at radius 3 is 1.00 bits per heavy atom. The second-order valence-corrected chi connectivity index (χ2v) is 17.5. The van der Waals surface area contributed by atoms with Gasteiger partial charge < -0.3 is 54.3 Å². The van der Waals surface area contributed by atoms with E-state index in [0.717, 1.165) is 50.4 Å². The van der Waals surface area contributed by atoms with Gasteiger partial charge in [0, 0.05) is 12.8 Å². The Bertz CT molecular complexity index is 1030. The van der Waals surface area contributed by atoms with Crippen molar-refractivity contribution in [3.8, 4) is 0 Å². The van der Waals surface area contributed by atoms with Crippen LogP contribution in [-0.4, -0.2) is 117 Å². The Kier molecular flexibility index (Phi) is 27.7. The van der Waals surface area contributed by atoms with E-state index in [1.54, 1.807) is 0 Å². The maximum Gasteiger partial charge on any atom is 0.305 e. The van der Waals surface area contributed by atoms with Crippen LogP contribution in [-0.2, 0) is 33.3 Å². The second-order valence-electron chi connectivity index (χ2n) is 17.5. The van der Waals surface area contributed by atoms with Gasteiger partial charge >= 0.3 is 11.9 Å². The first-order valence-corrected chi connectivity index (χ1v) is 22.7. The molecule has 10 atom stereocenters. The maximum atomic E-state index is 12.4. The van der Waals surface area contributed by atoms with Crippen LogP contribution in [0.5, 0.6) is 0 Å². The molecular formula is C44H82O13. The molecule has 0 aromatic carbocycles. The molecule has 0 radical (unpaired) electrons. The molecule has 6 N–H and O–H groups in total. The average Bonchev–Trinajstić information content (AvgIpc) is 3.17. The van der Waals surface area contributed by atoms with E-state index in [1.165, 1.54) is 89.9 Å². The molecule has 0 aromatic heterocycles. The molecule has 2 saturated heterocycles. The van der Waals surface area contributed by atoms with Gasteiger partial charge in [0.25, 0.3) is 0 Å². The fourth-order valence-corrected chi connectivity index (χ4v) is 7.43. The van der Waals surface area contributed by atoms with E-state index in [9.17, 15) is 40.2 Å². The minimum Gasteiger partial charge on any atom is -0.463 e. The lowest BCUT2D eigenvalue weighted by molar-refractivity contribution is -0.376. The number of aliphatic hydroxyl groups excluding tert-OH is 6. The summed E-state index contributed by atoms with van der Waals surface area (Å²) in [5.41, 5.74) is 0. The lowest BCUT2D eigenvalue weighted by atomic mass is 9.98. The molecule has 0 spiro atoms. The molecule has 2 fully saturated rings. The zero-order chi connectivity index (χ0) is 42.0. The highest BCUT2D eigenvalue weighted by Gasteiger charge is 2.50. The van der Waals surface area contributed by atoms with Crippen LogP contribution in [0.15, 0.2) is 0 Å². The molecule has 2 rings (SSSR count). The van der Waals surface area contributed by atoms with Crippen molar-refractivity contribution in [2.75, 3.05) is 13.2 Å². The first kappa shape index (κ1) is 51.7. The van der Waals surface area contributed by atoms with E-state index in [0.29, 0.717) is 12.8 Å². The summed E-state index contributed by atoms with van der Waals surface area (Å²) in [4.78, 5) is 24.8. The SMILES string of the molecule is CC(C)CCCCCCCCCCCCCC(=O)OC[C@H]1O[C@H](O[C@H]2O[C@H](COC(=O)CCCCCCCCCCCC(C)C)[C@@H](O)[C@H](O)[C@H]2O)[C@H](O)[C@@H](O)[C@@H]1O. The molecule has 57 heavy (non-hydrogen) atoms. The number of hydrogen-bond acceptors (Lipinski definition) is 13. The van der Waals surface area contributed by atoms with Crippen LogP contribution in [0.4, 0.5) is 0 Å². The van der Waals surface area contributed by atoms with Gasteiger partial charge in [0.1, 0.15) is 62.0 Å². The molecule has 13 heteroatoms. The standard InChI is InChI=1S/C44H82O13/c1-31(2)25-21-17-13-9-6-5-7-11-15-19-23-27-35(45)53-29-33-37(47)39(49)41(51)43(55-33)57-44-42(52)40(50)38(48)34(56-44)30-54-36(46)28-24-20-16-12-8-10-14-18-22-26-32(3)4/h31-34,37-44,47-52H,5-30H2,1-4H3/t33-,34-,37-,38-,39+,40+,41-,42-,43-,44-/m1/s1. The quantitative estimate of drug-likeness (QED) is 0.0323. The van der Waals surface area contributed by atoms with Crippen LogP contribution >= 0.6 is 0 Å². The van der Waals surface area contributed by atoms with Crippen LogP contribution in [0.1, 0.15) is 182 Å². The summed E-state index contributed by atoms with van der Waals surface area (Å²) in [6.07, 6.45) is 9.45. The van der Waals surface area contributed by atoms with E-state index < -0.39 is 86.6 Å². The first-order chi connectivity index (χ1) is 27.3. The van der Waals surface area contributed by atoms with Crippen molar-refractivity contribution in [1.82, 2.24) is 0 Å². The largest absolute Gasteiger partial charge is 0.463 e. The molecule has 2 aliphatic heterocycles. The van der Waals surface area contributed by atoms with Crippen molar-refractivity contribution in [2.45, 2.75) is 243 Å². The highest BCUT2D eigenvalue weighted by Crippen LogP contribution is 2.29. The van der Waals surface area contributed by atoms with E-state index in [4.69, 9.17) is 23.7 Å². The summed E-state index contributed by atoms with van der Waals surface area (Å²) in [5.74, 6) is 0.578. The van der Waals surface area contributed by atoms with Crippen molar-refractivity contribution >= 4 is 11.9 Å². The van der Waals surface area contributed by atoms with E-state index >= 15 is 0 Å². The third-order valence-corrected chi connectivity index (χ3v) is 11.2. The van der Waals surface area contributed by atoms with Crippen molar-refractivity contribution < 1.29 is 63.9 Å². The third-order valence-electron chi connectivity index (χ3n) is 11.2. The van der Waals surface area contributed by atoms with E-state index in [1.807, 2.05) is 0 Å². The van der Waals surface area contributed by atoms with Gasteiger partial charge in [-0.3, -0.25) is 9.59 Å². The maximum absolute atomic E-state index is 12.4. The fraction of sp³-hybridized carbons (Fsp3) is 0.955. The topological polar surface area (TPSA) is 202 Å². The van der Waals surface area contributed by atoms with Crippen LogP contribution in [0.2, 0.25) is 0 Å². The summed E-state index contributed by atoms with van der Waals surface area (Å²) < 4.78 is 27.5. The number of aliphatic hydroxyl groups is 6. The van der Waals surface area contributed by atoms with Crippen LogP contribution in [0, 0.1) is 11.8 Å². The summed E-state index contributed by atoms with van der Waals surface area (Å²) in [7, 11) is 0. The Hall–Kier alpha value is -1.42. The van der Waals surface area contributed by atoms with Crippen molar-refractivity contribution in [1.29, 1.82) is 0 Å². The Balaban J connectivity index is 1.66. The van der Waals surface area contributed by atoms with Gasteiger partial charge in [0.2, 0.25) is 0 Å². The molecule has 0 aromatic rings. The molecule has 13 nitrogen and oxygen atoms in total. The number of rotatable bonds is 32. The Labute approximate surface area is 343 Å². The number of ether oxygens (including phenoxy) is 5. The van der Waals surface area contributed by atoms with Gasteiger partial charge in [0.15, 0.2) is 12.6 Å². The lowest BCUT2D eigenvalue weighted by Gasteiger charge is -2.44. The molecule has 0 saturated carbocycles. The van der Waals surface area contributed by atoms with Crippen molar-refractivity contribution in [3.05, 3.63) is 0 Å². The molecule has 0 unspecified atom stereocenters. The van der Waals surface area contributed by atoms with E-state index in [-0.39, 0.29) is 12.8 Å². The molecule has 0 bridgehead atoms. The number of unbranched alkanes of at least 4 members (excludes halogenated alkanes) is 18. The number of carbonyl (C=O) groups excluding carboxylic acids is 2. The fourth-order valence-electron chi connectivity index (χ4n) is 7.43. The first-order valence-electron chi connectivity index (χ1n) is 22.7. The molecular weight excluding hydrogens is 736 g/mol. The van der Waals surface area contributed by atoms with Gasteiger partial charge in [-0.05, 0) is 24.7 Å². The summed E-state index contributed by atoms with van der Waals surface area (Å²) in [6.45, 7) is 8.21. The summed E-state index contributed by atoms with van der Waals surface area (Å²) >= 11 is 0. The predicted octanol–water partition coefficient (Wildman–Crippen LogP) is 6.38. The Morgan fingerprint density at radius 2 is 0.702 bits per heavy atom. The molecule has 2 aliphatic rings. The highest BCUT2D eigenvalue weighted by molar-refractivity contribution is 5.69. The molecule has 2 heterocycles. The number of esters is 2. The monoisotopic (exact) mass is 819 g/mol. The van der Waals surface area contributed by atoms with Gasteiger partial charge in [-0.1, -0.05) is 156 Å². The number of hydrogen-bond donors (Lipinski definition) is 6. The highest BCUT2D eigenvalue weighted by atomic mass is 16.8. The minimum atomic E-state index is -1.80.